The fraction of sp³-hybridized carbons (Fsp3) is 0. The predicted octanol–water partition coefficient (Wildman–Crippen LogP) is -2.21. The summed E-state index contributed by atoms with van der Waals surface area (Å²) in [7, 11) is -4.94. The molecule has 0 radical (unpaired) electrons. The first-order valence-corrected chi connectivity index (χ1v) is 7.47. The maximum absolute atomic E-state index is 8.49. The highest BCUT2D eigenvalue weighted by Gasteiger charge is 2.12. The third-order valence-corrected chi connectivity index (χ3v) is 3.17. The van der Waals surface area contributed by atoms with Crippen LogP contribution in [0, 0.1) is 10.2 Å². The molecule has 1 aromatic carbocycles. The third-order valence-electron chi connectivity index (χ3n) is 2.32. The molecule has 2 heterocycles. The quantitative estimate of drug-likeness (QED) is 0.473. The van der Waals surface area contributed by atoms with Crippen molar-refractivity contribution in [3.05, 3.63) is 54.2 Å². The average molecular weight is 313 g/mol. The maximum Gasteiger partial charge on any atom is 0.387 e. The van der Waals surface area contributed by atoms with Gasteiger partial charge in [-0.3, -0.25) is 0 Å². The van der Waals surface area contributed by atoms with Crippen molar-refractivity contribution in [1.29, 1.82) is 0 Å². The van der Waals surface area contributed by atoms with Gasteiger partial charge in [-0.1, -0.05) is 41.7 Å². The lowest BCUT2D eigenvalue weighted by molar-refractivity contribution is -2.00. The molecule has 3 rings (SSSR count). The molecule has 0 amide bonds. The van der Waals surface area contributed by atoms with Crippen LogP contribution in [0.15, 0.2) is 54.2 Å². The second-order valence-corrected chi connectivity index (χ2v) is 5.23. The molecule has 0 aliphatic rings. The van der Waals surface area contributed by atoms with Gasteiger partial charge < -0.3 is 0 Å². The average Bonchev–Trinajstić information content (AvgIpc) is 2.81. The van der Waals surface area contributed by atoms with Gasteiger partial charge in [0, 0.05) is 17.0 Å². The van der Waals surface area contributed by atoms with E-state index in [2.05, 4.69) is 39.0 Å². The number of hydrogen-bond donors (Lipinski definition) is 0. The Balaban J connectivity index is 0.000000257. The van der Waals surface area contributed by atoms with Crippen LogP contribution in [0.3, 0.4) is 0 Å². The van der Waals surface area contributed by atoms with Crippen LogP contribution in [-0.4, -0.2) is 4.98 Å². The minimum atomic E-state index is -4.94. The number of benzene rings is 1. The van der Waals surface area contributed by atoms with Gasteiger partial charge in [0.1, 0.15) is 12.4 Å². The second-order valence-electron chi connectivity index (χ2n) is 3.64. The molecule has 2 aromatic heterocycles. The van der Waals surface area contributed by atoms with Gasteiger partial charge in [0.05, 0.1) is 0 Å². The lowest BCUT2D eigenvalue weighted by Crippen LogP contribution is -2.68. The van der Waals surface area contributed by atoms with Gasteiger partial charge >= 0.3 is 4.96 Å². The predicted molar refractivity (Wildman–Crippen MR) is 60.7 cm³/mol. The summed E-state index contributed by atoms with van der Waals surface area (Å²) in [4.78, 5) is 5.33. The summed E-state index contributed by atoms with van der Waals surface area (Å²) in [5.74, 6) is 0. The zero-order chi connectivity index (χ0) is 14.6. The molecule has 0 atom stereocenters. The molecule has 0 aliphatic heterocycles. The standard InChI is InChI=1S/C12H9N2S.ClHO4/c1-2-5-10(6-3-1)11-9-15-12-13-7-4-8-14(11)12;2-1(3,4)5/h1-9H;(H,2,3,4,5)/q+1;/p-1. The highest BCUT2D eigenvalue weighted by molar-refractivity contribution is 7.14. The molecule has 20 heavy (non-hydrogen) atoms. The molecule has 3 aromatic rings. The van der Waals surface area contributed by atoms with E-state index in [0.29, 0.717) is 0 Å². The zero-order valence-electron chi connectivity index (χ0n) is 10.0. The first kappa shape index (κ1) is 14.8. The van der Waals surface area contributed by atoms with Crippen molar-refractivity contribution in [3.8, 4) is 11.3 Å². The fourth-order valence-corrected chi connectivity index (χ4v) is 2.47. The van der Waals surface area contributed by atoms with Gasteiger partial charge in [-0.25, -0.2) is 18.6 Å². The number of halogens is 1. The van der Waals surface area contributed by atoms with E-state index in [0.717, 1.165) is 4.96 Å². The van der Waals surface area contributed by atoms with Crippen molar-refractivity contribution in [2.45, 2.75) is 0 Å². The Morgan fingerprint density at radius 2 is 1.65 bits per heavy atom. The molecule has 0 aliphatic carbocycles. The minimum absolute atomic E-state index is 1.02. The molecule has 0 saturated carbocycles. The summed E-state index contributed by atoms with van der Waals surface area (Å²) in [5, 5.41) is 2.14. The van der Waals surface area contributed by atoms with E-state index in [1.54, 1.807) is 11.3 Å². The van der Waals surface area contributed by atoms with Crippen LogP contribution in [0.2, 0.25) is 0 Å². The normalized spacial score (nSPS) is 11.0. The number of fused-ring (bicyclic) bond motifs is 1. The monoisotopic (exact) mass is 312 g/mol. The Morgan fingerprint density at radius 3 is 2.30 bits per heavy atom. The molecule has 0 saturated heterocycles. The fourth-order valence-electron chi connectivity index (χ4n) is 1.61. The summed E-state index contributed by atoms with van der Waals surface area (Å²) in [5.41, 5.74) is 2.42. The van der Waals surface area contributed by atoms with Crippen molar-refractivity contribution in [1.82, 2.24) is 4.98 Å². The van der Waals surface area contributed by atoms with Crippen molar-refractivity contribution < 1.29 is 33.3 Å². The van der Waals surface area contributed by atoms with Crippen LogP contribution in [-0.2, 0) is 0 Å². The van der Waals surface area contributed by atoms with Crippen LogP contribution in [0.1, 0.15) is 0 Å². The van der Waals surface area contributed by atoms with Crippen molar-refractivity contribution in [2.75, 3.05) is 0 Å². The van der Waals surface area contributed by atoms with Gasteiger partial charge in [0.15, 0.2) is 5.69 Å². The highest BCUT2D eigenvalue weighted by Crippen LogP contribution is 2.18. The molecule has 0 spiro atoms. The summed E-state index contributed by atoms with van der Waals surface area (Å²) in [6.07, 6.45) is 3.86. The van der Waals surface area contributed by atoms with E-state index in [9.17, 15) is 0 Å². The van der Waals surface area contributed by atoms with Crippen LogP contribution >= 0.6 is 11.3 Å². The molecule has 0 fully saturated rings. The lowest BCUT2D eigenvalue weighted by Gasteiger charge is -2.17. The SMILES string of the molecule is [O-][Cl+3]([O-])([O-])[O-].c1ccc(-c2csc3nccc[n+]23)cc1. The Hall–Kier alpha value is -1.61. The summed E-state index contributed by atoms with van der Waals surface area (Å²) in [6, 6.07) is 12.3. The van der Waals surface area contributed by atoms with E-state index in [-0.39, 0.29) is 0 Å². The number of aromatic nitrogens is 2. The maximum atomic E-state index is 8.49. The third kappa shape index (κ3) is 4.20. The van der Waals surface area contributed by atoms with Gasteiger partial charge in [-0.15, -0.1) is 10.2 Å². The summed E-state index contributed by atoms with van der Waals surface area (Å²) < 4.78 is 36.1. The molecular weight excluding hydrogens is 304 g/mol. The Labute approximate surface area is 120 Å². The van der Waals surface area contributed by atoms with E-state index >= 15 is 0 Å². The first-order valence-electron chi connectivity index (χ1n) is 5.36. The van der Waals surface area contributed by atoms with Gasteiger partial charge in [0.2, 0.25) is 0 Å². The number of nitrogens with zero attached hydrogens (tertiary/aromatic N) is 2. The highest BCUT2D eigenvalue weighted by atomic mass is 35.7. The lowest BCUT2D eigenvalue weighted by atomic mass is 10.2. The van der Waals surface area contributed by atoms with Crippen LogP contribution in [0.5, 0.6) is 0 Å². The minimum Gasteiger partial charge on any atom is -0.222 e. The second kappa shape index (κ2) is 6.23. The Bertz CT molecular complexity index is 678. The van der Waals surface area contributed by atoms with Gasteiger partial charge in [-0.05, 0) is 4.98 Å². The van der Waals surface area contributed by atoms with Crippen LogP contribution in [0.25, 0.3) is 16.2 Å². The van der Waals surface area contributed by atoms with E-state index in [4.69, 9.17) is 18.6 Å². The largest absolute Gasteiger partial charge is 0.387 e. The number of thiazole rings is 1. The molecule has 0 bridgehead atoms. The zero-order valence-corrected chi connectivity index (χ0v) is 11.6. The molecule has 0 N–H and O–H groups in total. The molecule has 0 unspecified atom stereocenters. The van der Waals surface area contributed by atoms with E-state index in [1.807, 2.05) is 24.5 Å². The van der Waals surface area contributed by atoms with Crippen molar-refractivity contribution in [2.24, 2.45) is 0 Å². The van der Waals surface area contributed by atoms with Crippen LogP contribution in [0.4, 0.5) is 0 Å². The van der Waals surface area contributed by atoms with E-state index < -0.39 is 10.2 Å². The molecule has 6 nitrogen and oxygen atoms in total. The molecular formula is C12H9ClN2O4S. The summed E-state index contributed by atoms with van der Waals surface area (Å²) >= 11 is 1.66. The van der Waals surface area contributed by atoms with Gasteiger partial charge in [0.25, 0.3) is 0 Å². The van der Waals surface area contributed by atoms with E-state index in [1.165, 1.54) is 11.3 Å². The Kier molecular flexibility index (Phi) is 4.61. The first-order chi connectivity index (χ1) is 9.45. The molecule has 104 valence electrons. The number of rotatable bonds is 1. The summed E-state index contributed by atoms with van der Waals surface area (Å²) in [6.45, 7) is 0. The van der Waals surface area contributed by atoms with Crippen LogP contribution < -0.4 is 23.0 Å². The molecule has 8 heteroatoms. The smallest absolute Gasteiger partial charge is 0.222 e. The Morgan fingerprint density at radius 1 is 1.00 bits per heavy atom. The van der Waals surface area contributed by atoms with Crippen molar-refractivity contribution >= 4 is 16.3 Å². The van der Waals surface area contributed by atoms with Crippen molar-refractivity contribution in [3.63, 3.8) is 0 Å². The van der Waals surface area contributed by atoms with Gasteiger partial charge in [-0.2, -0.15) is 4.40 Å². The topological polar surface area (TPSA) is 109 Å². The number of hydrogen-bond acceptors (Lipinski definition) is 6.